The Hall–Kier alpha value is -7.96. The molecule has 0 aliphatic heterocycles. The quantitative estimate of drug-likeness (QED) is 0.122. The average molecular weight is 943 g/mol. The molecule has 0 saturated carbocycles. The van der Waals surface area contributed by atoms with Crippen LogP contribution in [0, 0.1) is 0 Å². The second-order valence-corrected chi connectivity index (χ2v) is 15.8. The average Bonchev–Trinajstić information content (AvgIpc) is 3.95. The summed E-state index contributed by atoms with van der Waals surface area (Å²) in [5, 5.41) is 1.39. The van der Waals surface area contributed by atoms with Crippen molar-refractivity contribution in [2.75, 3.05) is 11.5 Å². The zero-order valence-corrected chi connectivity index (χ0v) is 38.1. The maximum absolute atomic E-state index is 6.54. The van der Waals surface area contributed by atoms with Crippen LogP contribution in [0.4, 0.5) is 11.6 Å². The first-order valence-electron chi connectivity index (χ1n) is 20.9. The summed E-state index contributed by atoms with van der Waals surface area (Å²) in [4.78, 5) is 21.0. The molecular weight excluding hydrogens is 901 g/mol. The lowest BCUT2D eigenvalue weighted by molar-refractivity contribution is 0.477. The third-order valence-electron chi connectivity index (χ3n) is 10.5. The zero-order chi connectivity index (χ0) is 45.2. The Morgan fingerprint density at radius 3 is 1.31 bits per heavy atom. The van der Waals surface area contributed by atoms with E-state index >= 15 is 0 Å². The minimum absolute atomic E-state index is 0. The Kier molecular flexibility index (Phi) is 14.5. The van der Waals surface area contributed by atoms with Gasteiger partial charge in [-0.25, -0.2) is 19.9 Å². The zero-order valence-electron chi connectivity index (χ0n) is 35.7. The van der Waals surface area contributed by atoms with Crippen LogP contribution in [0.2, 0.25) is 10.0 Å². The Bertz CT molecular complexity index is 2990. The molecule has 11 nitrogen and oxygen atoms in total. The van der Waals surface area contributed by atoms with Crippen LogP contribution in [0.25, 0.3) is 45.0 Å². The summed E-state index contributed by atoms with van der Waals surface area (Å²) in [7, 11) is 0. The van der Waals surface area contributed by atoms with Crippen molar-refractivity contribution in [2.24, 2.45) is 0 Å². The number of nitrogens with zero attached hydrogens (tertiary/aromatic N) is 7. The molecular formula is C53H42Cl3N9O2. The molecule has 0 spiro atoms. The van der Waals surface area contributed by atoms with Gasteiger partial charge in [-0.3, -0.25) is 4.98 Å². The predicted octanol–water partition coefficient (Wildman–Crippen LogP) is 13.2. The number of pyridine rings is 3. The monoisotopic (exact) mass is 941 g/mol. The van der Waals surface area contributed by atoms with E-state index in [4.69, 9.17) is 44.1 Å². The number of nitrogen functional groups attached to an aromatic ring is 2. The SMILES string of the molecule is Cl.Nc1cccc(Cn2c(-c3ccc(Oc4cccnc4)cc3)ccc2-c2ccccc2Cl)n1.Nc1cccc(Cn2c(-c3ccc(Oc4cncnc4)cc3)ccc2-c2ccccc2Cl)n1. The van der Waals surface area contributed by atoms with E-state index in [0.717, 1.165) is 62.2 Å². The minimum atomic E-state index is 0. The van der Waals surface area contributed by atoms with Gasteiger partial charge < -0.3 is 30.1 Å². The highest BCUT2D eigenvalue weighted by Crippen LogP contribution is 2.36. The highest BCUT2D eigenvalue weighted by atomic mass is 35.5. The molecule has 67 heavy (non-hydrogen) atoms. The van der Waals surface area contributed by atoms with Crippen molar-refractivity contribution in [2.45, 2.75) is 13.1 Å². The molecule has 0 fully saturated rings. The Morgan fingerprint density at radius 1 is 0.418 bits per heavy atom. The van der Waals surface area contributed by atoms with Gasteiger partial charge >= 0.3 is 0 Å². The smallest absolute Gasteiger partial charge is 0.163 e. The number of aromatic nitrogens is 7. The molecule has 4 N–H and O–H groups in total. The summed E-state index contributed by atoms with van der Waals surface area (Å²) >= 11 is 13.1. The molecule has 0 unspecified atom stereocenters. The highest BCUT2D eigenvalue weighted by Gasteiger charge is 2.17. The van der Waals surface area contributed by atoms with Crippen molar-refractivity contribution >= 4 is 47.2 Å². The van der Waals surface area contributed by atoms with Crippen LogP contribution in [-0.4, -0.2) is 34.1 Å². The molecule has 6 aromatic heterocycles. The van der Waals surface area contributed by atoms with Gasteiger partial charge in [0.1, 0.15) is 35.2 Å². The summed E-state index contributed by atoms with van der Waals surface area (Å²) in [5.74, 6) is 3.72. The largest absolute Gasteiger partial charge is 0.456 e. The molecule has 0 aliphatic rings. The topological polar surface area (TPSA) is 145 Å². The molecule has 0 bridgehead atoms. The lowest BCUT2D eigenvalue weighted by Crippen LogP contribution is -2.06. The predicted molar refractivity (Wildman–Crippen MR) is 270 cm³/mol. The number of hydrogen-bond acceptors (Lipinski definition) is 9. The van der Waals surface area contributed by atoms with E-state index in [2.05, 4.69) is 58.3 Å². The van der Waals surface area contributed by atoms with Crippen molar-refractivity contribution in [3.05, 3.63) is 222 Å². The van der Waals surface area contributed by atoms with E-state index in [1.807, 2.05) is 133 Å². The fourth-order valence-corrected chi connectivity index (χ4v) is 7.95. The van der Waals surface area contributed by atoms with Crippen molar-refractivity contribution in [3.63, 3.8) is 0 Å². The number of halogens is 3. The summed E-state index contributed by atoms with van der Waals surface area (Å²) in [6.07, 6.45) is 8.13. The second-order valence-electron chi connectivity index (χ2n) is 15.0. The molecule has 332 valence electrons. The first kappa shape index (κ1) is 45.6. The summed E-state index contributed by atoms with van der Waals surface area (Å²) < 4.78 is 16.1. The van der Waals surface area contributed by atoms with Crippen LogP contribution in [0.15, 0.2) is 201 Å². The molecule has 0 radical (unpaired) electrons. The van der Waals surface area contributed by atoms with Gasteiger partial charge in [0, 0.05) is 38.8 Å². The minimum Gasteiger partial charge on any atom is -0.456 e. The number of ether oxygens (including phenoxy) is 2. The van der Waals surface area contributed by atoms with Crippen LogP contribution >= 0.6 is 35.6 Å². The molecule has 4 aromatic carbocycles. The third-order valence-corrected chi connectivity index (χ3v) is 11.2. The Balaban J connectivity index is 0.000000179. The summed E-state index contributed by atoms with van der Waals surface area (Å²) in [5.41, 5.74) is 21.7. The number of benzene rings is 4. The van der Waals surface area contributed by atoms with Crippen molar-refractivity contribution in [1.82, 2.24) is 34.1 Å². The van der Waals surface area contributed by atoms with Gasteiger partial charge in [-0.15, -0.1) is 12.4 Å². The number of rotatable bonds is 12. The molecule has 10 aromatic rings. The van der Waals surface area contributed by atoms with E-state index in [1.165, 1.54) is 6.33 Å². The number of anilines is 2. The van der Waals surface area contributed by atoms with Gasteiger partial charge in [0.2, 0.25) is 0 Å². The van der Waals surface area contributed by atoms with Gasteiger partial charge in [-0.05, 0) is 132 Å². The first-order chi connectivity index (χ1) is 32.3. The van der Waals surface area contributed by atoms with Gasteiger partial charge in [0.15, 0.2) is 5.75 Å². The van der Waals surface area contributed by atoms with E-state index in [-0.39, 0.29) is 12.4 Å². The summed E-state index contributed by atoms with van der Waals surface area (Å²) in [6, 6.07) is 55.0. The van der Waals surface area contributed by atoms with Gasteiger partial charge in [-0.1, -0.05) is 71.7 Å². The van der Waals surface area contributed by atoms with Gasteiger partial charge in [0.05, 0.1) is 54.5 Å². The van der Waals surface area contributed by atoms with Gasteiger partial charge in [-0.2, -0.15) is 0 Å². The highest BCUT2D eigenvalue weighted by molar-refractivity contribution is 6.33. The lowest BCUT2D eigenvalue weighted by Gasteiger charge is -2.15. The second kappa shape index (κ2) is 21.4. The number of hydrogen-bond donors (Lipinski definition) is 2. The van der Waals surface area contributed by atoms with Crippen LogP contribution < -0.4 is 20.9 Å². The molecule has 6 heterocycles. The lowest BCUT2D eigenvalue weighted by atomic mass is 10.1. The Morgan fingerprint density at radius 2 is 0.866 bits per heavy atom. The van der Waals surface area contributed by atoms with Crippen molar-refractivity contribution in [3.8, 4) is 68.0 Å². The maximum atomic E-state index is 6.54. The van der Waals surface area contributed by atoms with Crippen LogP contribution in [-0.2, 0) is 13.1 Å². The Labute approximate surface area is 403 Å². The maximum Gasteiger partial charge on any atom is 0.163 e. The first-order valence-corrected chi connectivity index (χ1v) is 21.6. The molecule has 0 atom stereocenters. The normalized spacial score (nSPS) is 10.7. The van der Waals surface area contributed by atoms with Crippen molar-refractivity contribution in [1.29, 1.82) is 0 Å². The standard InChI is InChI=1S/C27H21ClN4O.C26H20ClN5O.ClH/c28-24-8-2-1-7-23(24)26-15-14-25(32(26)18-20-5-3-9-27(29)31-20)19-10-12-21(13-11-19)33-22-6-4-16-30-17-22;27-23-6-2-1-5-22(23)25-13-12-24(32(25)16-19-4-3-7-26(28)31-19)18-8-10-20(11-9-18)33-21-14-29-17-30-15-21;/h1-17H,18H2,(H2,29,31);1-15,17H,16H2,(H2,28,31);1H. The molecule has 10 rings (SSSR count). The number of nitrogens with two attached hydrogens (primary N) is 2. The van der Waals surface area contributed by atoms with E-state index in [1.54, 1.807) is 36.9 Å². The van der Waals surface area contributed by atoms with Crippen LogP contribution in [0.1, 0.15) is 11.4 Å². The summed E-state index contributed by atoms with van der Waals surface area (Å²) in [6.45, 7) is 1.11. The molecule has 14 heteroatoms. The van der Waals surface area contributed by atoms with Gasteiger partial charge in [0.25, 0.3) is 0 Å². The fraction of sp³-hybridized carbons (Fsp3) is 0.0377. The van der Waals surface area contributed by atoms with Crippen LogP contribution in [0.3, 0.4) is 0 Å². The van der Waals surface area contributed by atoms with E-state index in [9.17, 15) is 0 Å². The molecule has 0 amide bonds. The molecule has 0 saturated heterocycles. The van der Waals surface area contributed by atoms with E-state index < -0.39 is 0 Å². The van der Waals surface area contributed by atoms with Crippen LogP contribution in [0.5, 0.6) is 23.0 Å². The van der Waals surface area contributed by atoms with E-state index in [0.29, 0.717) is 52.0 Å². The van der Waals surface area contributed by atoms with Crippen molar-refractivity contribution < 1.29 is 9.47 Å². The molecule has 0 aliphatic carbocycles. The third kappa shape index (κ3) is 11.1. The fourth-order valence-electron chi connectivity index (χ4n) is 7.49.